The Labute approximate surface area is 113 Å². The third-order valence-electron chi connectivity index (χ3n) is 3.71. The molecule has 0 aliphatic carbocycles. The lowest BCUT2D eigenvalue weighted by atomic mass is 10.2. The van der Waals surface area contributed by atoms with Gasteiger partial charge in [0.15, 0.2) is 0 Å². The number of hydrogen-bond donors (Lipinski definition) is 0. The first kappa shape index (κ1) is 15.0. The van der Waals surface area contributed by atoms with Crippen LogP contribution in [0.4, 0.5) is 0 Å². The van der Waals surface area contributed by atoms with E-state index in [1.165, 1.54) is 23.7 Å². The number of rotatable bonds is 7. The van der Waals surface area contributed by atoms with E-state index < -0.39 is 8.32 Å². The molecule has 0 N–H and O–H groups in total. The van der Waals surface area contributed by atoms with E-state index in [2.05, 4.69) is 64.1 Å². The van der Waals surface area contributed by atoms with Crippen LogP contribution in [0.2, 0.25) is 18.1 Å². The van der Waals surface area contributed by atoms with Crippen molar-refractivity contribution in [2.45, 2.75) is 52.2 Å². The van der Waals surface area contributed by atoms with Gasteiger partial charge in [0, 0.05) is 5.56 Å². The van der Waals surface area contributed by atoms with Gasteiger partial charge in [-0.05, 0) is 30.6 Å². The molecular formula is C16H26OSi. The minimum atomic E-state index is -1.57. The van der Waals surface area contributed by atoms with Gasteiger partial charge in [-0.1, -0.05) is 58.0 Å². The fraction of sp³-hybridized carbons (Fsp3) is 0.500. The first-order valence-corrected chi connectivity index (χ1v) is 9.68. The lowest BCUT2D eigenvalue weighted by Crippen LogP contribution is -2.35. The average molecular weight is 262 g/mol. The molecule has 18 heavy (non-hydrogen) atoms. The molecule has 0 atom stereocenters. The SMILES string of the molecule is CC/C=C(\O[Si](CC)(CC)CC)c1ccccc1. The first-order chi connectivity index (χ1) is 8.71. The van der Waals surface area contributed by atoms with Crippen LogP contribution in [0.3, 0.4) is 0 Å². The fourth-order valence-electron chi connectivity index (χ4n) is 2.21. The van der Waals surface area contributed by atoms with Crippen molar-refractivity contribution in [2.75, 3.05) is 0 Å². The van der Waals surface area contributed by atoms with E-state index in [0.29, 0.717) is 0 Å². The normalized spacial score (nSPS) is 12.6. The Kier molecular flexibility index (Phi) is 6.20. The monoisotopic (exact) mass is 262 g/mol. The molecule has 0 aromatic heterocycles. The largest absolute Gasteiger partial charge is 0.543 e. The highest BCUT2D eigenvalue weighted by atomic mass is 28.4. The summed E-state index contributed by atoms with van der Waals surface area (Å²) in [5.74, 6) is 1.09. The number of benzene rings is 1. The maximum Gasteiger partial charge on any atom is 0.250 e. The van der Waals surface area contributed by atoms with E-state index in [1.54, 1.807) is 0 Å². The van der Waals surface area contributed by atoms with E-state index in [0.717, 1.165) is 12.2 Å². The van der Waals surface area contributed by atoms with Gasteiger partial charge >= 0.3 is 0 Å². The molecule has 0 bridgehead atoms. The first-order valence-electron chi connectivity index (χ1n) is 7.15. The van der Waals surface area contributed by atoms with E-state index in [9.17, 15) is 0 Å². The molecular weight excluding hydrogens is 236 g/mol. The average Bonchev–Trinajstić information content (AvgIpc) is 2.45. The predicted octanol–water partition coefficient (Wildman–Crippen LogP) is 5.46. The zero-order valence-corrected chi connectivity index (χ0v) is 13.2. The summed E-state index contributed by atoms with van der Waals surface area (Å²) in [6, 6.07) is 14.1. The lowest BCUT2D eigenvalue weighted by Gasteiger charge is -2.30. The number of hydrogen-bond acceptors (Lipinski definition) is 1. The van der Waals surface area contributed by atoms with Crippen molar-refractivity contribution in [3.8, 4) is 0 Å². The topological polar surface area (TPSA) is 9.23 Å². The highest BCUT2D eigenvalue weighted by molar-refractivity contribution is 6.74. The zero-order chi connectivity index (χ0) is 13.4. The van der Waals surface area contributed by atoms with Crippen LogP contribution < -0.4 is 0 Å². The third kappa shape index (κ3) is 3.74. The summed E-state index contributed by atoms with van der Waals surface area (Å²) in [4.78, 5) is 0. The van der Waals surface area contributed by atoms with Crippen molar-refractivity contribution in [2.24, 2.45) is 0 Å². The van der Waals surface area contributed by atoms with Gasteiger partial charge in [-0.15, -0.1) is 0 Å². The molecule has 0 saturated heterocycles. The van der Waals surface area contributed by atoms with Gasteiger partial charge in [0.2, 0.25) is 8.32 Å². The van der Waals surface area contributed by atoms with Gasteiger partial charge in [0.05, 0.1) is 0 Å². The molecule has 0 aliphatic heterocycles. The number of allylic oxidation sites excluding steroid dienone is 1. The summed E-state index contributed by atoms with van der Waals surface area (Å²) in [7, 11) is -1.57. The maximum absolute atomic E-state index is 6.51. The molecule has 0 spiro atoms. The van der Waals surface area contributed by atoms with Crippen molar-refractivity contribution in [3.63, 3.8) is 0 Å². The van der Waals surface area contributed by atoms with E-state index in [-0.39, 0.29) is 0 Å². The molecule has 0 fully saturated rings. The van der Waals surface area contributed by atoms with Crippen molar-refractivity contribution >= 4 is 14.1 Å². The lowest BCUT2D eigenvalue weighted by molar-refractivity contribution is 0.489. The smallest absolute Gasteiger partial charge is 0.250 e. The minimum absolute atomic E-state index is 1.02. The molecule has 0 aliphatic rings. The van der Waals surface area contributed by atoms with Crippen molar-refractivity contribution < 1.29 is 4.43 Å². The van der Waals surface area contributed by atoms with Crippen LogP contribution in [0.15, 0.2) is 36.4 Å². The third-order valence-corrected chi connectivity index (χ3v) is 8.23. The maximum atomic E-state index is 6.51. The highest BCUT2D eigenvalue weighted by Gasteiger charge is 2.31. The van der Waals surface area contributed by atoms with Crippen LogP contribution in [0.5, 0.6) is 0 Å². The standard InChI is InChI=1S/C16H26OSi/c1-5-12-16(15-13-10-9-11-14-15)17-18(6-2,7-3)8-4/h9-14H,5-8H2,1-4H3/b16-12-. The second-order valence-electron chi connectivity index (χ2n) is 4.69. The van der Waals surface area contributed by atoms with Crippen LogP contribution in [-0.2, 0) is 4.43 Å². The van der Waals surface area contributed by atoms with Crippen molar-refractivity contribution in [1.29, 1.82) is 0 Å². The van der Waals surface area contributed by atoms with Gasteiger partial charge in [-0.25, -0.2) is 0 Å². The van der Waals surface area contributed by atoms with Gasteiger partial charge < -0.3 is 4.43 Å². The Morgan fingerprint density at radius 1 is 1.00 bits per heavy atom. The quantitative estimate of drug-likeness (QED) is 0.468. The zero-order valence-electron chi connectivity index (χ0n) is 12.2. The Balaban J connectivity index is 2.98. The predicted molar refractivity (Wildman–Crippen MR) is 83.0 cm³/mol. The molecule has 0 unspecified atom stereocenters. The molecule has 0 heterocycles. The van der Waals surface area contributed by atoms with E-state index in [4.69, 9.17) is 4.43 Å². The van der Waals surface area contributed by atoms with Gasteiger partial charge in [0.1, 0.15) is 5.76 Å². The molecule has 0 radical (unpaired) electrons. The van der Waals surface area contributed by atoms with E-state index >= 15 is 0 Å². The van der Waals surface area contributed by atoms with Gasteiger partial charge in [-0.2, -0.15) is 0 Å². The summed E-state index contributed by atoms with van der Waals surface area (Å²) in [6.45, 7) is 8.98. The van der Waals surface area contributed by atoms with Crippen molar-refractivity contribution in [3.05, 3.63) is 42.0 Å². The minimum Gasteiger partial charge on any atom is -0.543 e. The summed E-state index contributed by atoms with van der Waals surface area (Å²) >= 11 is 0. The highest BCUT2D eigenvalue weighted by Crippen LogP contribution is 2.29. The summed E-state index contributed by atoms with van der Waals surface area (Å²) in [5, 5.41) is 0. The fourth-order valence-corrected chi connectivity index (χ4v) is 4.81. The van der Waals surface area contributed by atoms with Gasteiger partial charge in [-0.3, -0.25) is 0 Å². The second kappa shape index (κ2) is 7.42. The molecule has 1 nitrogen and oxygen atoms in total. The van der Waals surface area contributed by atoms with Crippen LogP contribution in [0.1, 0.15) is 39.7 Å². The summed E-state index contributed by atoms with van der Waals surface area (Å²) < 4.78 is 6.51. The van der Waals surface area contributed by atoms with Crippen LogP contribution in [0, 0.1) is 0 Å². The molecule has 0 amide bonds. The summed E-state index contributed by atoms with van der Waals surface area (Å²) in [5.41, 5.74) is 1.21. The van der Waals surface area contributed by atoms with Crippen LogP contribution >= 0.6 is 0 Å². The molecule has 1 aromatic carbocycles. The molecule has 2 heteroatoms. The van der Waals surface area contributed by atoms with Crippen LogP contribution in [-0.4, -0.2) is 8.32 Å². The molecule has 0 saturated carbocycles. The van der Waals surface area contributed by atoms with Crippen LogP contribution in [0.25, 0.3) is 5.76 Å². The Morgan fingerprint density at radius 3 is 2.00 bits per heavy atom. The summed E-state index contributed by atoms with van der Waals surface area (Å²) in [6.07, 6.45) is 3.24. The molecule has 1 aromatic rings. The second-order valence-corrected chi connectivity index (χ2v) is 9.38. The Bertz CT molecular complexity index is 358. The van der Waals surface area contributed by atoms with E-state index in [1.807, 2.05) is 0 Å². The molecule has 100 valence electrons. The van der Waals surface area contributed by atoms with Crippen molar-refractivity contribution in [1.82, 2.24) is 0 Å². The molecule has 1 rings (SSSR count). The van der Waals surface area contributed by atoms with Gasteiger partial charge in [0.25, 0.3) is 0 Å². The Hall–Kier alpha value is -1.02. The Morgan fingerprint density at radius 2 is 1.56 bits per heavy atom.